The van der Waals surface area contributed by atoms with E-state index in [0.29, 0.717) is 26.1 Å². The molecule has 1 aliphatic heterocycles. The summed E-state index contributed by atoms with van der Waals surface area (Å²) in [4.78, 5) is 18.6. The molecule has 1 aromatic heterocycles. The zero-order chi connectivity index (χ0) is 19.4. The minimum absolute atomic E-state index is 0.205. The van der Waals surface area contributed by atoms with Crippen LogP contribution in [-0.2, 0) is 9.53 Å². The van der Waals surface area contributed by atoms with Gasteiger partial charge < -0.3 is 20.3 Å². The van der Waals surface area contributed by atoms with E-state index in [0.717, 1.165) is 28.8 Å². The fourth-order valence-electron chi connectivity index (χ4n) is 3.61. The van der Waals surface area contributed by atoms with Crippen molar-refractivity contribution >= 4 is 16.9 Å². The van der Waals surface area contributed by atoms with Gasteiger partial charge in [-0.2, -0.15) is 0 Å². The van der Waals surface area contributed by atoms with Gasteiger partial charge in [-0.25, -0.2) is 0 Å². The first-order valence-corrected chi connectivity index (χ1v) is 9.28. The van der Waals surface area contributed by atoms with Crippen LogP contribution in [-0.4, -0.2) is 60.4 Å². The second kappa shape index (κ2) is 8.65. The third kappa shape index (κ3) is 4.37. The van der Waals surface area contributed by atoms with Gasteiger partial charge in [0.2, 0.25) is 0 Å². The maximum atomic E-state index is 12.1. The fraction of sp³-hybridized carbons (Fsp3) is 0.500. The van der Waals surface area contributed by atoms with Crippen LogP contribution in [0.1, 0.15) is 25.0 Å². The maximum Gasteiger partial charge on any atom is 0.311 e. The fourth-order valence-corrected chi connectivity index (χ4v) is 3.61. The average molecular weight is 373 g/mol. The molecule has 2 aromatic rings. The number of ether oxygens (including phenoxy) is 2. The van der Waals surface area contributed by atoms with Gasteiger partial charge in [-0.15, -0.1) is 0 Å². The van der Waals surface area contributed by atoms with E-state index in [2.05, 4.69) is 9.88 Å². The molecule has 0 bridgehead atoms. The Kier molecular flexibility index (Phi) is 6.26. The summed E-state index contributed by atoms with van der Waals surface area (Å²) in [6.07, 6.45) is 1.68. The zero-order valence-electron chi connectivity index (χ0n) is 15.8. The van der Waals surface area contributed by atoms with Crippen LogP contribution in [0.25, 0.3) is 10.9 Å². The van der Waals surface area contributed by atoms with Crippen molar-refractivity contribution in [3.63, 3.8) is 0 Å². The quantitative estimate of drug-likeness (QED) is 0.740. The van der Waals surface area contributed by atoms with Crippen LogP contribution in [0.3, 0.4) is 0 Å². The first-order valence-electron chi connectivity index (χ1n) is 9.28. The Balaban J connectivity index is 1.76. The molecule has 27 heavy (non-hydrogen) atoms. The molecule has 0 saturated carbocycles. The number of pyridine rings is 1. The largest absolute Gasteiger partial charge is 0.497 e. The second-order valence-corrected chi connectivity index (χ2v) is 6.87. The Morgan fingerprint density at radius 1 is 1.44 bits per heavy atom. The lowest BCUT2D eigenvalue weighted by molar-refractivity contribution is -0.150. The highest BCUT2D eigenvalue weighted by Crippen LogP contribution is 2.28. The molecule has 0 spiro atoms. The Morgan fingerprint density at radius 3 is 3.00 bits per heavy atom. The van der Waals surface area contributed by atoms with E-state index in [-0.39, 0.29) is 17.9 Å². The minimum atomic E-state index is -0.709. The molecule has 7 nitrogen and oxygen atoms in total. The van der Waals surface area contributed by atoms with E-state index in [4.69, 9.17) is 15.2 Å². The third-order valence-electron chi connectivity index (χ3n) is 5.11. The van der Waals surface area contributed by atoms with Crippen LogP contribution in [0, 0.1) is 5.92 Å². The molecule has 0 amide bonds. The van der Waals surface area contributed by atoms with E-state index in [1.54, 1.807) is 20.2 Å². The molecule has 0 radical (unpaired) electrons. The van der Waals surface area contributed by atoms with Crippen LogP contribution in [0.2, 0.25) is 0 Å². The van der Waals surface area contributed by atoms with Gasteiger partial charge in [0.05, 0.1) is 31.3 Å². The van der Waals surface area contributed by atoms with E-state index >= 15 is 0 Å². The van der Waals surface area contributed by atoms with E-state index < -0.39 is 6.10 Å². The number of likely N-dealkylation sites (tertiary alicyclic amines) is 1. The Morgan fingerprint density at radius 2 is 2.26 bits per heavy atom. The molecule has 1 saturated heterocycles. The number of carbonyl (C=O) groups is 1. The summed E-state index contributed by atoms with van der Waals surface area (Å²) in [6, 6.07) is 7.23. The molecule has 3 atom stereocenters. The SMILES string of the molecule is CCOC(=O)C1CN(C[C@@H](O)c2ccnc3ccc(OC)cc23)CCC1N. The van der Waals surface area contributed by atoms with Gasteiger partial charge >= 0.3 is 5.97 Å². The Labute approximate surface area is 159 Å². The summed E-state index contributed by atoms with van der Waals surface area (Å²) in [5, 5.41) is 11.7. The van der Waals surface area contributed by atoms with E-state index in [1.807, 2.05) is 24.3 Å². The number of esters is 1. The van der Waals surface area contributed by atoms with Crippen molar-refractivity contribution in [1.82, 2.24) is 9.88 Å². The second-order valence-electron chi connectivity index (χ2n) is 6.87. The Bertz CT molecular complexity index is 798. The predicted octanol–water partition coefficient (Wildman–Crippen LogP) is 1.49. The standard InChI is InChI=1S/C20H27N3O4/c1-3-27-20(25)16-11-23(9-7-17(16)21)12-19(24)14-6-8-22-18-5-4-13(26-2)10-15(14)18/h4-6,8,10,16-17,19,24H,3,7,9,11-12,21H2,1-2H3/t16?,17?,19-/m1/s1. The van der Waals surface area contributed by atoms with Crippen molar-refractivity contribution in [3.05, 3.63) is 36.0 Å². The monoisotopic (exact) mass is 373 g/mol. The molecule has 7 heteroatoms. The molecule has 2 unspecified atom stereocenters. The highest BCUT2D eigenvalue weighted by Gasteiger charge is 2.34. The van der Waals surface area contributed by atoms with Gasteiger partial charge in [0, 0.05) is 30.7 Å². The van der Waals surface area contributed by atoms with Crippen LogP contribution in [0.4, 0.5) is 0 Å². The average Bonchev–Trinajstić information content (AvgIpc) is 2.68. The van der Waals surface area contributed by atoms with Gasteiger partial charge in [-0.1, -0.05) is 0 Å². The highest BCUT2D eigenvalue weighted by molar-refractivity contribution is 5.83. The zero-order valence-corrected chi connectivity index (χ0v) is 15.8. The molecular formula is C20H27N3O4. The number of piperidine rings is 1. The first-order chi connectivity index (χ1) is 13.0. The number of aliphatic hydroxyl groups excluding tert-OH is 1. The van der Waals surface area contributed by atoms with Crippen molar-refractivity contribution in [2.24, 2.45) is 11.7 Å². The number of methoxy groups -OCH3 is 1. The molecule has 2 heterocycles. The summed E-state index contributed by atoms with van der Waals surface area (Å²) >= 11 is 0. The smallest absolute Gasteiger partial charge is 0.311 e. The van der Waals surface area contributed by atoms with Crippen LogP contribution in [0.5, 0.6) is 5.75 Å². The number of hydrogen-bond acceptors (Lipinski definition) is 7. The first kappa shape index (κ1) is 19.5. The van der Waals surface area contributed by atoms with Gasteiger partial charge in [-0.3, -0.25) is 14.7 Å². The van der Waals surface area contributed by atoms with Gasteiger partial charge in [0.15, 0.2) is 0 Å². The molecule has 1 aromatic carbocycles. The van der Waals surface area contributed by atoms with E-state index in [1.165, 1.54) is 0 Å². The molecule has 146 valence electrons. The molecule has 1 fully saturated rings. The lowest BCUT2D eigenvalue weighted by Crippen LogP contribution is -2.51. The predicted molar refractivity (Wildman–Crippen MR) is 102 cm³/mol. The molecule has 1 aliphatic rings. The topological polar surface area (TPSA) is 97.9 Å². The number of nitrogens with zero attached hydrogens (tertiary/aromatic N) is 2. The number of fused-ring (bicyclic) bond motifs is 1. The number of hydrogen-bond donors (Lipinski definition) is 2. The van der Waals surface area contributed by atoms with Crippen LogP contribution >= 0.6 is 0 Å². The van der Waals surface area contributed by atoms with Gasteiger partial charge in [-0.05, 0) is 49.7 Å². The summed E-state index contributed by atoms with van der Waals surface area (Å²) < 4.78 is 10.4. The number of aromatic nitrogens is 1. The van der Waals surface area contributed by atoms with Gasteiger partial charge in [0.25, 0.3) is 0 Å². The number of benzene rings is 1. The Hall–Kier alpha value is -2.22. The molecule has 0 aliphatic carbocycles. The minimum Gasteiger partial charge on any atom is -0.497 e. The summed E-state index contributed by atoms with van der Waals surface area (Å²) in [7, 11) is 1.61. The summed E-state index contributed by atoms with van der Waals surface area (Å²) in [6.45, 7) is 3.77. The van der Waals surface area contributed by atoms with Crippen LogP contribution in [0.15, 0.2) is 30.5 Å². The number of carbonyl (C=O) groups excluding carboxylic acids is 1. The van der Waals surface area contributed by atoms with Crippen molar-refractivity contribution in [3.8, 4) is 5.75 Å². The summed E-state index contributed by atoms with van der Waals surface area (Å²) in [5.74, 6) is 0.0961. The third-order valence-corrected chi connectivity index (χ3v) is 5.11. The number of nitrogens with two attached hydrogens (primary N) is 1. The summed E-state index contributed by atoms with van der Waals surface area (Å²) in [5.41, 5.74) is 7.70. The number of aliphatic hydroxyl groups is 1. The van der Waals surface area contributed by atoms with E-state index in [9.17, 15) is 9.90 Å². The van der Waals surface area contributed by atoms with Crippen molar-refractivity contribution < 1.29 is 19.4 Å². The van der Waals surface area contributed by atoms with Crippen molar-refractivity contribution in [2.45, 2.75) is 25.5 Å². The highest BCUT2D eigenvalue weighted by atomic mass is 16.5. The number of β-amino-alcohol motifs (C(OH)–C–C–N with tert-alkyl or cyclic N) is 1. The maximum absolute atomic E-state index is 12.1. The number of rotatable bonds is 6. The normalized spacial score (nSPS) is 21.8. The lowest BCUT2D eigenvalue weighted by atomic mass is 9.92. The molecule has 3 N–H and O–H groups in total. The molecule has 3 rings (SSSR count). The van der Waals surface area contributed by atoms with Crippen molar-refractivity contribution in [2.75, 3.05) is 33.4 Å². The van der Waals surface area contributed by atoms with Gasteiger partial charge in [0.1, 0.15) is 5.75 Å². The lowest BCUT2D eigenvalue weighted by Gasteiger charge is -2.36. The van der Waals surface area contributed by atoms with Crippen molar-refractivity contribution in [1.29, 1.82) is 0 Å². The van der Waals surface area contributed by atoms with Crippen LogP contribution < -0.4 is 10.5 Å². The molecular weight excluding hydrogens is 346 g/mol.